The average molecular weight is 323 g/mol. The fourth-order valence-corrected chi connectivity index (χ4v) is 1.76. The van der Waals surface area contributed by atoms with Gasteiger partial charge in [-0.1, -0.05) is 35.3 Å². The van der Waals surface area contributed by atoms with Crippen LogP contribution in [-0.4, -0.2) is 6.36 Å². The van der Waals surface area contributed by atoms with E-state index >= 15 is 0 Å². The summed E-state index contributed by atoms with van der Waals surface area (Å²) in [7, 11) is 0. The second-order valence-corrected chi connectivity index (χ2v) is 4.46. The van der Waals surface area contributed by atoms with Crippen molar-refractivity contribution in [1.82, 2.24) is 0 Å². The van der Waals surface area contributed by atoms with Gasteiger partial charge in [0.25, 0.3) is 0 Å². The van der Waals surface area contributed by atoms with Crippen molar-refractivity contribution < 1.29 is 22.6 Å². The second-order valence-electron chi connectivity index (χ2n) is 3.68. The van der Waals surface area contributed by atoms with Gasteiger partial charge in [-0.05, 0) is 24.3 Å². The zero-order chi connectivity index (χ0) is 14.8. The van der Waals surface area contributed by atoms with E-state index in [0.29, 0.717) is 0 Å². The third-order valence-corrected chi connectivity index (χ3v) is 2.98. The highest BCUT2D eigenvalue weighted by molar-refractivity contribution is 6.42. The lowest BCUT2D eigenvalue weighted by Gasteiger charge is -2.11. The summed E-state index contributed by atoms with van der Waals surface area (Å²) in [6.07, 6.45) is -4.76. The lowest BCUT2D eigenvalue weighted by Crippen LogP contribution is -2.17. The minimum atomic E-state index is -4.76. The normalized spacial score (nSPS) is 11.2. The maximum Gasteiger partial charge on any atom is 0.573 e. The van der Waals surface area contributed by atoms with Crippen molar-refractivity contribution in [3.8, 4) is 17.2 Å². The molecular weight excluding hydrogens is 316 g/mol. The summed E-state index contributed by atoms with van der Waals surface area (Å²) in [5, 5.41) is 0.461. The van der Waals surface area contributed by atoms with Gasteiger partial charge >= 0.3 is 6.36 Å². The van der Waals surface area contributed by atoms with E-state index in [1.165, 1.54) is 18.2 Å². The van der Waals surface area contributed by atoms with Gasteiger partial charge in [0.05, 0.1) is 5.02 Å². The van der Waals surface area contributed by atoms with Crippen molar-refractivity contribution >= 4 is 23.2 Å². The summed E-state index contributed by atoms with van der Waals surface area (Å²) in [6.45, 7) is 0. The molecule has 2 nitrogen and oxygen atoms in total. The Balaban J connectivity index is 2.22. The Hall–Kier alpha value is -1.59. The quantitative estimate of drug-likeness (QED) is 0.723. The number of ether oxygens (including phenoxy) is 2. The highest BCUT2D eigenvalue weighted by atomic mass is 35.5. The van der Waals surface area contributed by atoms with Crippen LogP contribution >= 0.6 is 23.2 Å². The Morgan fingerprint density at radius 3 is 2.25 bits per heavy atom. The first-order chi connectivity index (χ1) is 9.35. The van der Waals surface area contributed by atoms with Crippen molar-refractivity contribution in [2.45, 2.75) is 6.36 Å². The van der Waals surface area contributed by atoms with Crippen molar-refractivity contribution in [2.24, 2.45) is 0 Å². The van der Waals surface area contributed by atoms with Crippen LogP contribution in [0.4, 0.5) is 13.2 Å². The van der Waals surface area contributed by atoms with Crippen molar-refractivity contribution in [1.29, 1.82) is 0 Å². The Morgan fingerprint density at radius 1 is 0.900 bits per heavy atom. The minimum absolute atomic E-state index is 0.149. The highest BCUT2D eigenvalue weighted by Crippen LogP contribution is 2.35. The first-order valence-electron chi connectivity index (χ1n) is 5.33. The van der Waals surface area contributed by atoms with Crippen LogP contribution in [0.15, 0.2) is 42.5 Å². The van der Waals surface area contributed by atoms with Gasteiger partial charge in [0, 0.05) is 6.07 Å². The van der Waals surface area contributed by atoms with E-state index in [1.54, 1.807) is 18.2 Å². The molecule has 7 heteroatoms. The molecule has 2 aromatic carbocycles. The van der Waals surface area contributed by atoms with Gasteiger partial charge in [-0.2, -0.15) is 0 Å². The number of benzene rings is 2. The van der Waals surface area contributed by atoms with Crippen molar-refractivity contribution in [3.05, 3.63) is 52.5 Å². The maximum atomic E-state index is 12.1. The van der Waals surface area contributed by atoms with Gasteiger partial charge in [0.1, 0.15) is 22.3 Å². The van der Waals surface area contributed by atoms with Crippen molar-refractivity contribution in [2.75, 3.05) is 0 Å². The van der Waals surface area contributed by atoms with Crippen LogP contribution in [0.25, 0.3) is 0 Å². The Kier molecular flexibility index (Phi) is 4.30. The molecule has 0 aliphatic rings. The molecule has 106 valence electrons. The maximum absolute atomic E-state index is 12.1. The van der Waals surface area contributed by atoms with Gasteiger partial charge in [-0.25, -0.2) is 0 Å². The third-order valence-electron chi connectivity index (χ3n) is 2.18. The molecule has 0 spiro atoms. The summed E-state index contributed by atoms with van der Waals surface area (Å²) < 4.78 is 45.5. The SMILES string of the molecule is FC(F)(F)Oc1cccc(Oc2cccc(Cl)c2Cl)c1. The number of rotatable bonds is 3. The van der Waals surface area contributed by atoms with Crippen LogP contribution in [0.2, 0.25) is 10.0 Å². The molecule has 0 fully saturated rings. The van der Waals surface area contributed by atoms with Gasteiger partial charge in [-0.3, -0.25) is 0 Å². The molecule has 0 aliphatic heterocycles. The molecule has 0 atom stereocenters. The Morgan fingerprint density at radius 2 is 1.55 bits per heavy atom. The predicted molar refractivity (Wildman–Crippen MR) is 69.7 cm³/mol. The van der Waals surface area contributed by atoms with Crippen molar-refractivity contribution in [3.63, 3.8) is 0 Å². The summed E-state index contributed by atoms with van der Waals surface area (Å²) >= 11 is 11.7. The van der Waals surface area contributed by atoms with Gasteiger partial charge in [0.15, 0.2) is 0 Å². The van der Waals surface area contributed by atoms with E-state index in [-0.39, 0.29) is 27.3 Å². The van der Waals surface area contributed by atoms with Crippen LogP contribution in [0.1, 0.15) is 0 Å². The molecule has 0 N–H and O–H groups in total. The fourth-order valence-electron chi connectivity index (χ4n) is 1.42. The molecule has 0 radical (unpaired) electrons. The van der Waals surface area contributed by atoms with E-state index in [1.807, 2.05) is 0 Å². The highest BCUT2D eigenvalue weighted by Gasteiger charge is 2.31. The smallest absolute Gasteiger partial charge is 0.456 e. The lowest BCUT2D eigenvalue weighted by atomic mass is 10.3. The average Bonchev–Trinajstić information content (AvgIpc) is 2.33. The molecule has 0 amide bonds. The molecule has 0 aliphatic carbocycles. The first kappa shape index (κ1) is 14.8. The van der Waals surface area contributed by atoms with Crippen LogP contribution < -0.4 is 9.47 Å². The summed E-state index contributed by atoms with van der Waals surface area (Å²) in [4.78, 5) is 0. The molecule has 0 bridgehead atoms. The minimum Gasteiger partial charge on any atom is -0.456 e. The van der Waals surface area contributed by atoms with Crippen LogP contribution in [-0.2, 0) is 0 Å². The summed E-state index contributed by atoms with van der Waals surface area (Å²) in [5.74, 6) is 0.00684. The topological polar surface area (TPSA) is 18.5 Å². The largest absolute Gasteiger partial charge is 0.573 e. The number of hydrogen-bond acceptors (Lipinski definition) is 2. The van der Waals surface area contributed by atoms with Gasteiger partial charge < -0.3 is 9.47 Å². The van der Waals surface area contributed by atoms with Gasteiger partial charge in [-0.15, -0.1) is 13.2 Å². The molecule has 2 aromatic rings. The van der Waals surface area contributed by atoms with Crippen LogP contribution in [0.3, 0.4) is 0 Å². The molecule has 0 saturated heterocycles. The second kappa shape index (κ2) is 5.81. The number of hydrogen-bond donors (Lipinski definition) is 0. The zero-order valence-corrected chi connectivity index (χ0v) is 11.3. The Bertz CT molecular complexity index is 615. The zero-order valence-electron chi connectivity index (χ0n) is 9.75. The van der Waals surface area contributed by atoms with Crippen LogP contribution in [0, 0.1) is 0 Å². The lowest BCUT2D eigenvalue weighted by molar-refractivity contribution is -0.274. The van der Waals surface area contributed by atoms with Gasteiger partial charge in [0.2, 0.25) is 0 Å². The summed E-state index contributed by atoms with van der Waals surface area (Å²) in [6, 6.07) is 9.84. The number of alkyl halides is 3. The van der Waals surface area contributed by atoms with E-state index in [0.717, 1.165) is 6.07 Å². The third kappa shape index (κ3) is 3.95. The predicted octanol–water partition coefficient (Wildman–Crippen LogP) is 5.68. The molecule has 0 saturated carbocycles. The van der Waals surface area contributed by atoms with E-state index in [2.05, 4.69) is 4.74 Å². The summed E-state index contributed by atoms with van der Waals surface area (Å²) in [5.41, 5.74) is 0. The van der Waals surface area contributed by atoms with E-state index in [9.17, 15) is 13.2 Å². The Labute approximate surface area is 122 Å². The van der Waals surface area contributed by atoms with Crippen LogP contribution in [0.5, 0.6) is 17.2 Å². The fraction of sp³-hybridized carbons (Fsp3) is 0.0769. The molecule has 2 rings (SSSR count). The first-order valence-corrected chi connectivity index (χ1v) is 6.08. The van der Waals surface area contributed by atoms with E-state index in [4.69, 9.17) is 27.9 Å². The molecule has 0 unspecified atom stereocenters. The molecule has 0 heterocycles. The number of halogens is 5. The molecular formula is C13H7Cl2F3O2. The monoisotopic (exact) mass is 322 g/mol. The standard InChI is InChI=1S/C13H7Cl2F3O2/c14-10-5-2-6-11(12(10)15)19-8-3-1-4-9(7-8)20-13(16,17)18/h1-7H. The molecule has 20 heavy (non-hydrogen) atoms. The van der Waals surface area contributed by atoms with E-state index < -0.39 is 6.36 Å². The molecule has 0 aromatic heterocycles.